The number of nitro benzene ring substituents is 1. The van der Waals surface area contributed by atoms with Gasteiger partial charge in [-0.25, -0.2) is 0 Å². The lowest BCUT2D eigenvalue weighted by atomic mass is 9.95. The smallest absolute Gasteiger partial charge is 0.320 e. The van der Waals surface area contributed by atoms with E-state index in [1.54, 1.807) is 13.8 Å². The van der Waals surface area contributed by atoms with Crippen LogP contribution in [0.2, 0.25) is 0 Å². The summed E-state index contributed by atoms with van der Waals surface area (Å²) in [5.74, 6) is -0.405. The van der Waals surface area contributed by atoms with Crippen molar-refractivity contribution in [3.63, 3.8) is 0 Å². The van der Waals surface area contributed by atoms with Crippen LogP contribution in [0, 0.1) is 15.5 Å². The fourth-order valence-electron chi connectivity index (χ4n) is 1.18. The van der Waals surface area contributed by atoms with Gasteiger partial charge in [-0.15, -0.1) is 0 Å². The summed E-state index contributed by atoms with van der Waals surface area (Å²) in [5, 5.41) is 10.5. The van der Waals surface area contributed by atoms with Crippen LogP contribution in [0.3, 0.4) is 0 Å². The van der Waals surface area contributed by atoms with Crippen molar-refractivity contribution >= 4 is 18.1 Å². The Hall–Kier alpha value is -2.44. The quantitative estimate of drug-likeness (QED) is 0.256. The summed E-state index contributed by atoms with van der Waals surface area (Å²) < 4.78 is 9.59. The van der Waals surface area contributed by atoms with Crippen molar-refractivity contribution in [3.8, 4) is 5.75 Å². The molecule has 7 nitrogen and oxygen atoms in total. The first-order valence-corrected chi connectivity index (χ1v) is 5.39. The molecule has 0 radical (unpaired) electrons. The minimum absolute atomic E-state index is 0.0941. The van der Waals surface area contributed by atoms with Crippen LogP contribution in [0.1, 0.15) is 13.8 Å². The summed E-state index contributed by atoms with van der Waals surface area (Å²) in [4.78, 5) is 31.8. The van der Waals surface area contributed by atoms with Crippen molar-refractivity contribution in [2.24, 2.45) is 5.41 Å². The van der Waals surface area contributed by atoms with E-state index in [-0.39, 0.29) is 24.5 Å². The van der Waals surface area contributed by atoms with E-state index in [0.717, 1.165) is 0 Å². The van der Waals surface area contributed by atoms with Crippen LogP contribution in [-0.2, 0) is 14.3 Å². The fraction of sp³-hybridized carbons (Fsp3) is 0.333. The van der Waals surface area contributed by atoms with Gasteiger partial charge in [0, 0.05) is 12.1 Å². The third-order valence-corrected chi connectivity index (χ3v) is 2.32. The van der Waals surface area contributed by atoms with E-state index >= 15 is 0 Å². The predicted molar refractivity (Wildman–Crippen MR) is 64.5 cm³/mol. The average Bonchev–Trinajstić information content (AvgIpc) is 2.37. The number of esters is 1. The molecule has 102 valence electrons. The van der Waals surface area contributed by atoms with E-state index in [1.807, 2.05) is 0 Å². The first-order chi connectivity index (χ1) is 8.86. The number of benzene rings is 1. The SMILES string of the molecule is CC(C)(COC=O)C(=O)Oc1ccc([N+](=O)[O-])cc1. The Morgan fingerprint density at radius 1 is 1.37 bits per heavy atom. The predicted octanol–water partition coefficient (Wildman–Crippen LogP) is 1.70. The molecular weight excluding hydrogens is 254 g/mol. The molecule has 0 aromatic heterocycles. The third kappa shape index (κ3) is 4.06. The van der Waals surface area contributed by atoms with E-state index in [1.165, 1.54) is 24.3 Å². The summed E-state index contributed by atoms with van der Waals surface area (Å²) in [5.41, 5.74) is -1.09. The van der Waals surface area contributed by atoms with Gasteiger partial charge in [0.2, 0.25) is 0 Å². The highest BCUT2D eigenvalue weighted by atomic mass is 16.6. The van der Waals surface area contributed by atoms with Gasteiger partial charge >= 0.3 is 5.97 Å². The van der Waals surface area contributed by atoms with Gasteiger partial charge < -0.3 is 9.47 Å². The van der Waals surface area contributed by atoms with Crippen molar-refractivity contribution in [1.82, 2.24) is 0 Å². The summed E-state index contributed by atoms with van der Waals surface area (Å²) >= 11 is 0. The number of nitro groups is 1. The molecule has 19 heavy (non-hydrogen) atoms. The highest BCUT2D eigenvalue weighted by molar-refractivity contribution is 5.78. The van der Waals surface area contributed by atoms with Crippen LogP contribution in [0.15, 0.2) is 24.3 Å². The summed E-state index contributed by atoms with van der Waals surface area (Å²) in [6.07, 6.45) is 0. The maximum Gasteiger partial charge on any atom is 0.320 e. The van der Waals surface area contributed by atoms with Gasteiger partial charge in [-0.2, -0.15) is 0 Å². The van der Waals surface area contributed by atoms with Crippen LogP contribution in [0.4, 0.5) is 5.69 Å². The van der Waals surface area contributed by atoms with Crippen molar-refractivity contribution in [2.45, 2.75) is 13.8 Å². The summed E-state index contributed by atoms with van der Waals surface area (Å²) in [7, 11) is 0. The Kier molecular flexibility index (Phi) is 4.57. The molecule has 0 amide bonds. The molecule has 0 unspecified atom stereocenters. The normalized spacial score (nSPS) is 10.6. The van der Waals surface area contributed by atoms with Crippen LogP contribution in [0.25, 0.3) is 0 Å². The number of carbonyl (C=O) groups is 2. The largest absolute Gasteiger partial charge is 0.467 e. The molecule has 0 saturated heterocycles. The molecule has 0 bridgehead atoms. The monoisotopic (exact) mass is 267 g/mol. The number of ether oxygens (including phenoxy) is 2. The van der Waals surface area contributed by atoms with Crippen LogP contribution < -0.4 is 4.74 Å². The second kappa shape index (κ2) is 5.94. The summed E-state index contributed by atoms with van der Waals surface area (Å²) in [6.45, 7) is 3.26. The number of carbonyl (C=O) groups excluding carboxylic acids is 2. The minimum atomic E-state index is -0.997. The van der Waals surface area contributed by atoms with Gasteiger partial charge in [-0.1, -0.05) is 0 Å². The Labute approximate surface area is 109 Å². The third-order valence-electron chi connectivity index (χ3n) is 2.32. The molecule has 0 N–H and O–H groups in total. The molecule has 0 atom stereocenters. The molecule has 1 aromatic carbocycles. The van der Waals surface area contributed by atoms with Gasteiger partial charge in [0.05, 0.1) is 10.3 Å². The molecule has 1 rings (SSSR count). The molecule has 1 aromatic rings. The first kappa shape index (κ1) is 14.6. The summed E-state index contributed by atoms with van der Waals surface area (Å²) in [6, 6.07) is 5.12. The van der Waals surface area contributed by atoms with E-state index in [2.05, 4.69) is 4.74 Å². The zero-order valence-corrected chi connectivity index (χ0v) is 10.5. The van der Waals surface area contributed by atoms with Crippen LogP contribution in [-0.4, -0.2) is 24.0 Å². The molecule has 7 heteroatoms. The van der Waals surface area contributed by atoms with E-state index in [4.69, 9.17) is 4.74 Å². The highest BCUT2D eigenvalue weighted by Gasteiger charge is 2.31. The lowest BCUT2D eigenvalue weighted by Gasteiger charge is -2.20. The lowest BCUT2D eigenvalue weighted by molar-refractivity contribution is -0.384. The Morgan fingerprint density at radius 2 is 1.95 bits per heavy atom. The van der Waals surface area contributed by atoms with Crippen molar-refractivity contribution < 1.29 is 24.0 Å². The molecule has 0 aliphatic rings. The molecule has 0 fully saturated rings. The molecule has 0 aliphatic carbocycles. The zero-order chi connectivity index (χ0) is 14.5. The van der Waals surface area contributed by atoms with Gasteiger partial charge in [0.15, 0.2) is 0 Å². The minimum Gasteiger partial charge on any atom is -0.467 e. The lowest BCUT2D eigenvalue weighted by Crippen LogP contribution is -2.33. The first-order valence-electron chi connectivity index (χ1n) is 5.39. The second-order valence-corrected chi connectivity index (χ2v) is 4.43. The number of hydrogen-bond acceptors (Lipinski definition) is 6. The highest BCUT2D eigenvalue weighted by Crippen LogP contribution is 2.22. The number of non-ortho nitro benzene ring substituents is 1. The van der Waals surface area contributed by atoms with Crippen molar-refractivity contribution in [2.75, 3.05) is 6.61 Å². The van der Waals surface area contributed by atoms with E-state index < -0.39 is 16.3 Å². The van der Waals surface area contributed by atoms with Gasteiger partial charge in [0.25, 0.3) is 12.2 Å². The van der Waals surface area contributed by atoms with E-state index in [9.17, 15) is 19.7 Å². The van der Waals surface area contributed by atoms with Gasteiger partial charge in [-0.3, -0.25) is 19.7 Å². The molecule has 0 heterocycles. The van der Waals surface area contributed by atoms with Gasteiger partial charge in [-0.05, 0) is 26.0 Å². The Bertz CT molecular complexity index is 479. The Balaban J connectivity index is 2.71. The number of hydrogen-bond donors (Lipinski definition) is 0. The number of nitrogens with zero attached hydrogens (tertiary/aromatic N) is 1. The van der Waals surface area contributed by atoms with Crippen LogP contribution >= 0.6 is 0 Å². The second-order valence-electron chi connectivity index (χ2n) is 4.43. The average molecular weight is 267 g/mol. The maximum absolute atomic E-state index is 11.8. The molecule has 0 spiro atoms. The maximum atomic E-state index is 11.8. The zero-order valence-electron chi connectivity index (χ0n) is 10.5. The molecular formula is C12H13NO6. The van der Waals surface area contributed by atoms with E-state index in [0.29, 0.717) is 0 Å². The molecule has 0 saturated carbocycles. The topological polar surface area (TPSA) is 95.7 Å². The van der Waals surface area contributed by atoms with Crippen molar-refractivity contribution in [1.29, 1.82) is 0 Å². The fourth-order valence-corrected chi connectivity index (χ4v) is 1.18. The standard InChI is InChI=1S/C12H13NO6/c1-12(2,7-18-8-14)11(15)19-10-5-3-9(4-6-10)13(16)17/h3-6,8H,7H2,1-2H3. The molecule has 0 aliphatic heterocycles. The number of rotatable bonds is 6. The van der Waals surface area contributed by atoms with Gasteiger partial charge in [0.1, 0.15) is 12.4 Å². The van der Waals surface area contributed by atoms with Crippen molar-refractivity contribution in [3.05, 3.63) is 34.4 Å². The Morgan fingerprint density at radius 3 is 2.42 bits per heavy atom. The van der Waals surface area contributed by atoms with Crippen LogP contribution in [0.5, 0.6) is 5.75 Å².